The zero-order valence-electron chi connectivity index (χ0n) is 10.5. The van der Waals surface area contributed by atoms with Gasteiger partial charge in [0.15, 0.2) is 0 Å². The van der Waals surface area contributed by atoms with E-state index in [1.165, 1.54) is 17.6 Å². The monoisotopic (exact) mass is 243 g/mol. The summed E-state index contributed by atoms with van der Waals surface area (Å²) >= 11 is 0. The summed E-state index contributed by atoms with van der Waals surface area (Å²) in [5, 5.41) is 3.37. The number of nitrogens with two attached hydrogens (primary N) is 1. The average molecular weight is 243 g/mol. The van der Waals surface area contributed by atoms with Crippen molar-refractivity contribution in [1.29, 1.82) is 0 Å². The first-order chi connectivity index (χ1) is 8.72. The van der Waals surface area contributed by atoms with Crippen LogP contribution in [0.4, 0.5) is 11.9 Å². The molecule has 1 aromatic heterocycles. The molecule has 0 unspecified atom stereocenters. The number of fused-ring (bicyclic) bond motifs is 1. The highest BCUT2D eigenvalue weighted by Gasteiger charge is 2.26. The molecule has 5 nitrogen and oxygen atoms in total. The minimum Gasteiger partial charge on any atom is -0.368 e. The van der Waals surface area contributed by atoms with E-state index in [-0.39, 0.29) is 5.95 Å². The van der Waals surface area contributed by atoms with E-state index >= 15 is 0 Å². The van der Waals surface area contributed by atoms with Crippen molar-refractivity contribution < 1.29 is 0 Å². The molecule has 3 rings (SSSR count). The van der Waals surface area contributed by atoms with E-state index in [9.17, 15) is 0 Å². The fraction of sp³-hybridized carbons (Fsp3) is 0.462. The Morgan fingerprint density at radius 1 is 1.22 bits per heavy atom. The third-order valence-corrected chi connectivity index (χ3v) is 3.44. The van der Waals surface area contributed by atoms with Gasteiger partial charge in [0.25, 0.3) is 0 Å². The molecule has 2 aliphatic rings. The molecule has 2 aliphatic carbocycles. The zero-order valence-corrected chi connectivity index (χ0v) is 10.5. The predicted octanol–water partition coefficient (Wildman–Crippen LogP) is 1.98. The Balaban J connectivity index is 1.81. The van der Waals surface area contributed by atoms with Crippen molar-refractivity contribution >= 4 is 11.9 Å². The normalized spacial score (nSPS) is 22.2. The largest absolute Gasteiger partial charge is 0.368 e. The van der Waals surface area contributed by atoms with Gasteiger partial charge in [0.1, 0.15) is 5.82 Å². The van der Waals surface area contributed by atoms with E-state index in [2.05, 4.69) is 32.4 Å². The van der Waals surface area contributed by atoms with Crippen LogP contribution in [0.2, 0.25) is 0 Å². The number of nitrogens with one attached hydrogen (secondary N) is 1. The molecule has 0 radical (unpaired) electrons. The molecule has 1 heterocycles. The standard InChI is InChI=1S/C13H17N5/c1-8-15-12(14)18-13(16-8)17-11-7-6-9-4-2-3-5-10(9)11/h4-5,11H,2-3,6-7H2,1H3,(H3,14,15,16,17,18)/t11-/m1/s1. The first-order valence-corrected chi connectivity index (χ1v) is 6.36. The molecule has 1 atom stereocenters. The number of hydrogen-bond acceptors (Lipinski definition) is 5. The van der Waals surface area contributed by atoms with Gasteiger partial charge in [0.2, 0.25) is 11.9 Å². The van der Waals surface area contributed by atoms with E-state index < -0.39 is 0 Å². The third kappa shape index (κ3) is 2.08. The Morgan fingerprint density at radius 3 is 2.89 bits per heavy atom. The van der Waals surface area contributed by atoms with Gasteiger partial charge >= 0.3 is 0 Å². The molecule has 0 saturated heterocycles. The summed E-state index contributed by atoms with van der Waals surface area (Å²) in [7, 11) is 0. The van der Waals surface area contributed by atoms with Crippen LogP contribution >= 0.6 is 0 Å². The van der Waals surface area contributed by atoms with Crippen molar-refractivity contribution in [3.8, 4) is 0 Å². The van der Waals surface area contributed by atoms with Crippen molar-refractivity contribution in [3.63, 3.8) is 0 Å². The minimum atomic E-state index is 0.274. The number of anilines is 2. The summed E-state index contributed by atoms with van der Waals surface area (Å²) in [6.45, 7) is 1.82. The Kier molecular flexibility index (Phi) is 2.74. The predicted molar refractivity (Wildman–Crippen MR) is 71.0 cm³/mol. The van der Waals surface area contributed by atoms with Gasteiger partial charge in [0, 0.05) is 0 Å². The second-order valence-electron chi connectivity index (χ2n) is 4.77. The number of nitrogen functional groups attached to an aromatic ring is 1. The first-order valence-electron chi connectivity index (χ1n) is 6.36. The smallest absolute Gasteiger partial charge is 0.228 e. The molecule has 0 aromatic carbocycles. The molecule has 18 heavy (non-hydrogen) atoms. The van der Waals surface area contributed by atoms with Crippen LogP contribution in [-0.4, -0.2) is 21.0 Å². The third-order valence-electron chi connectivity index (χ3n) is 3.44. The second-order valence-corrected chi connectivity index (χ2v) is 4.77. The van der Waals surface area contributed by atoms with Gasteiger partial charge in [-0.2, -0.15) is 15.0 Å². The lowest BCUT2D eigenvalue weighted by molar-refractivity contribution is 0.805. The Hall–Kier alpha value is -1.91. The first kappa shape index (κ1) is 11.2. The summed E-state index contributed by atoms with van der Waals surface area (Å²) in [6, 6.07) is 0.317. The number of rotatable bonds is 2. The van der Waals surface area contributed by atoms with Gasteiger partial charge in [-0.15, -0.1) is 0 Å². The number of aromatic nitrogens is 3. The number of hydrogen-bond donors (Lipinski definition) is 2. The van der Waals surface area contributed by atoms with Crippen molar-refractivity contribution in [1.82, 2.24) is 15.0 Å². The Bertz CT molecular complexity index is 512. The molecule has 0 amide bonds. The van der Waals surface area contributed by atoms with Crippen LogP contribution < -0.4 is 11.1 Å². The zero-order chi connectivity index (χ0) is 12.5. The van der Waals surface area contributed by atoms with Crippen LogP contribution in [0, 0.1) is 6.92 Å². The van der Waals surface area contributed by atoms with Crippen LogP contribution in [0.15, 0.2) is 23.3 Å². The van der Waals surface area contributed by atoms with E-state index in [0.29, 0.717) is 17.8 Å². The lowest BCUT2D eigenvalue weighted by Gasteiger charge is -2.17. The maximum atomic E-state index is 5.64. The Labute approximate surface area is 106 Å². The van der Waals surface area contributed by atoms with Crippen LogP contribution in [0.25, 0.3) is 0 Å². The molecule has 0 bridgehead atoms. The van der Waals surface area contributed by atoms with Gasteiger partial charge in [-0.3, -0.25) is 0 Å². The molecule has 0 aliphatic heterocycles. The second kappa shape index (κ2) is 4.40. The van der Waals surface area contributed by atoms with Crippen LogP contribution in [0.1, 0.15) is 31.5 Å². The fourth-order valence-electron chi connectivity index (χ4n) is 2.69. The van der Waals surface area contributed by atoms with Crippen molar-refractivity contribution in [2.24, 2.45) is 0 Å². The molecule has 1 saturated carbocycles. The van der Waals surface area contributed by atoms with E-state index in [1.54, 1.807) is 0 Å². The van der Waals surface area contributed by atoms with Crippen LogP contribution in [-0.2, 0) is 0 Å². The maximum absolute atomic E-state index is 5.64. The summed E-state index contributed by atoms with van der Waals surface area (Å²) < 4.78 is 0. The van der Waals surface area contributed by atoms with E-state index in [0.717, 1.165) is 19.3 Å². The molecule has 5 heteroatoms. The van der Waals surface area contributed by atoms with Gasteiger partial charge in [-0.05, 0) is 43.8 Å². The summed E-state index contributed by atoms with van der Waals surface area (Å²) in [5.74, 6) is 1.51. The molecular weight excluding hydrogens is 226 g/mol. The molecule has 94 valence electrons. The van der Waals surface area contributed by atoms with Crippen molar-refractivity contribution in [2.45, 2.75) is 38.6 Å². The van der Waals surface area contributed by atoms with E-state index in [4.69, 9.17) is 5.73 Å². The lowest BCUT2D eigenvalue weighted by atomic mass is 9.99. The topological polar surface area (TPSA) is 76.7 Å². The molecule has 0 spiro atoms. The molecule has 3 N–H and O–H groups in total. The summed E-state index contributed by atoms with van der Waals surface area (Å²) in [4.78, 5) is 12.4. The highest BCUT2D eigenvalue weighted by atomic mass is 15.2. The average Bonchev–Trinajstić information content (AvgIpc) is 2.72. The molecular formula is C13H17N5. The number of aryl methyl sites for hydroxylation is 1. The minimum absolute atomic E-state index is 0.274. The Morgan fingerprint density at radius 2 is 2.06 bits per heavy atom. The van der Waals surface area contributed by atoms with Gasteiger partial charge in [0.05, 0.1) is 6.04 Å². The van der Waals surface area contributed by atoms with Crippen molar-refractivity contribution in [3.05, 3.63) is 29.1 Å². The SMILES string of the molecule is Cc1nc(N)nc(N[C@@H]2CCC3=CCCC=C32)n1. The molecule has 1 aromatic rings. The summed E-state index contributed by atoms with van der Waals surface area (Å²) in [6.07, 6.45) is 9.23. The fourth-order valence-corrected chi connectivity index (χ4v) is 2.69. The van der Waals surface area contributed by atoms with Crippen molar-refractivity contribution in [2.75, 3.05) is 11.1 Å². The highest BCUT2D eigenvalue weighted by molar-refractivity contribution is 5.47. The maximum Gasteiger partial charge on any atom is 0.228 e. The number of nitrogens with zero attached hydrogens (tertiary/aromatic N) is 3. The lowest BCUT2D eigenvalue weighted by Crippen LogP contribution is -2.20. The van der Waals surface area contributed by atoms with Crippen LogP contribution in [0.5, 0.6) is 0 Å². The van der Waals surface area contributed by atoms with Gasteiger partial charge in [-0.25, -0.2) is 0 Å². The highest BCUT2D eigenvalue weighted by Crippen LogP contribution is 2.35. The van der Waals surface area contributed by atoms with Crippen LogP contribution in [0.3, 0.4) is 0 Å². The summed E-state index contributed by atoms with van der Waals surface area (Å²) in [5.41, 5.74) is 8.54. The molecule has 1 fully saturated rings. The van der Waals surface area contributed by atoms with E-state index in [1.807, 2.05) is 6.92 Å². The number of allylic oxidation sites excluding steroid dienone is 2. The quantitative estimate of drug-likeness (QED) is 0.830. The van der Waals surface area contributed by atoms with Gasteiger partial charge < -0.3 is 11.1 Å². The van der Waals surface area contributed by atoms with Gasteiger partial charge in [-0.1, -0.05) is 12.2 Å².